The SMILES string of the molecule is CCCOc1ccc(C(=O)N/N=C/c2cc(Cl)ccc2OC)cc1. The van der Waals surface area contributed by atoms with Crippen molar-refractivity contribution in [1.29, 1.82) is 0 Å². The van der Waals surface area contributed by atoms with E-state index in [1.54, 1.807) is 49.6 Å². The number of nitrogens with zero attached hydrogens (tertiary/aromatic N) is 1. The fourth-order valence-electron chi connectivity index (χ4n) is 1.95. The van der Waals surface area contributed by atoms with E-state index in [-0.39, 0.29) is 5.91 Å². The zero-order chi connectivity index (χ0) is 17.4. The number of methoxy groups -OCH3 is 1. The molecule has 5 nitrogen and oxygen atoms in total. The molecule has 0 heterocycles. The van der Waals surface area contributed by atoms with E-state index in [1.165, 1.54) is 6.21 Å². The smallest absolute Gasteiger partial charge is 0.271 e. The van der Waals surface area contributed by atoms with Gasteiger partial charge in [-0.1, -0.05) is 18.5 Å². The summed E-state index contributed by atoms with van der Waals surface area (Å²) in [5.74, 6) is 1.05. The molecule has 0 bridgehead atoms. The summed E-state index contributed by atoms with van der Waals surface area (Å²) in [6, 6.07) is 12.1. The Morgan fingerprint density at radius 2 is 2.00 bits per heavy atom. The summed E-state index contributed by atoms with van der Waals surface area (Å²) in [5.41, 5.74) is 3.64. The number of carbonyl (C=O) groups excluding carboxylic acids is 1. The Balaban J connectivity index is 1.98. The molecule has 0 saturated carbocycles. The van der Waals surface area contributed by atoms with Gasteiger partial charge in [-0.15, -0.1) is 0 Å². The van der Waals surface area contributed by atoms with Crippen molar-refractivity contribution in [1.82, 2.24) is 5.43 Å². The third kappa shape index (κ3) is 4.99. The van der Waals surface area contributed by atoms with Gasteiger partial charge in [0, 0.05) is 16.1 Å². The summed E-state index contributed by atoms with van der Waals surface area (Å²) in [5, 5.41) is 4.51. The van der Waals surface area contributed by atoms with E-state index in [4.69, 9.17) is 21.1 Å². The van der Waals surface area contributed by atoms with E-state index in [9.17, 15) is 4.79 Å². The average Bonchev–Trinajstić information content (AvgIpc) is 2.60. The second-order valence-corrected chi connectivity index (χ2v) is 5.39. The highest BCUT2D eigenvalue weighted by Gasteiger charge is 2.05. The molecule has 1 N–H and O–H groups in total. The number of ether oxygens (including phenoxy) is 2. The summed E-state index contributed by atoms with van der Waals surface area (Å²) < 4.78 is 10.7. The van der Waals surface area contributed by atoms with E-state index >= 15 is 0 Å². The Morgan fingerprint density at radius 3 is 2.67 bits per heavy atom. The lowest BCUT2D eigenvalue weighted by molar-refractivity contribution is 0.0955. The molecule has 0 aliphatic rings. The first kappa shape index (κ1) is 17.8. The molecule has 1 amide bonds. The molecule has 126 valence electrons. The minimum atomic E-state index is -0.311. The third-order valence-electron chi connectivity index (χ3n) is 3.15. The van der Waals surface area contributed by atoms with Gasteiger partial charge in [-0.25, -0.2) is 5.43 Å². The molecule has 0 fully saturated rings. The Morgan fingerprint density at radius 1 is 1.25 bits per heavy atom. The van der Waals surface area contributed by atoms with Crippen LogP contribution in [-0.4, -0.2) is 25.8 Å². The zero-order valence-electron chi connectivity index (χ0n) is 13.6. The third-order valence-corrected chi connectivity index (χ3v) is 3.39. The number of benzene rings is 2. The quantitative estimate of drug-likeness (QED) is 0.611. The number of nitrogens with one attached hydrogen (secondary N) is 1. The number of hydrogen-bond acceptors (Lipinski definition) is 4. The van der Waals surface area contributed by atoms with Gasteiger partial charge in [-0.3, -0.25) is 4.79 Å². The first-order valence-corrected chi connectivity index (χ1v) is 7.91. The minimum Gasteiger partial charge on any atom is -0.496 e. The van der Waals surface area contributed by atoms with Crippen molar-refractivity contribution in [3.8, 4) is 11.5 Å². The Bertz CT molecular complexity index is 715. The van der Waals surface area contributed by atoms with Crippen LogP contribution in [0.3, 0.4) is 0 Å². The van der Waals surface area contributed by atoms with Gasteiger partial charge < -0.3 is 9.47 Å². The maximum atomic E-state index is 12.1. The lowest BCUT2D eigenvalue weighted by Gasteiger charge is -2.06. The number of rotatable bonds is 7. The van der Waals surface area contributed by atoms with Gasteiger partial charge in [0.15, 0.2) is 0 Å². The monoisotopic (exact) mass is 346 g/mol. The highest BCUT2D eigenvalue weighted by molar-refractivity contribution is 6.30. The fraction of sp³-hybridized carbons (Fsp3) is 0.222. The van der Waals surface area contributed by atoms with Crippen LogP contribution < -0.4 is 14.9 Å². The highest BCUT2D eigenvalue weighted by Crippen LogP contribution is 2.20. The molecule has 0 aromatic heterocycles. The van der Waals surface area contributed by atoms with Crippen LogP contribution in [0.2, 0.25) is 5.02 Å². The molecule has 0 radical (unpaired) electrons. The van der Waals surface area contributed by atoms with Crippen LogP contribution in [0.15, 0.2) is 47.6 Å². The summed E-state index contributed by atoms with van der Waals surface area (Å²) in [7, 11) is 1.56. The summed E-state index contributed by atoms with van der Waals surface area (Å²) in [6.45, 7) is 2.69. The molecule has 2 aromatic rings. The molecule has 0 spiro atoms. The number of carbonyl (C=O) groups is 1. The Labute approximate surface area is 146 Å². The van der Waals surface area contributed by atoms with Crippen molar-refractivity contribution < 1.29 is 14.3 Å². The Hall–Kier alpha value is -2.53. The van der Waals surface area contributed by atoms with Crippen LogP contribution in [0.1, 0.15) is 29.3 Å². The van der Waals surface area contributed by atoms with Crippen molar-refractivity contribution in [2.24, 2.45) is 5.10 Å². The Kier molecular flexibility index (Phi) is 6.63. The number of halogens is 1. The lowest BCUT2D eigenvalue weighted by atomic mass is 10.2. The number of hydrazone groups is 1. The van der Waals surface area contributed by atoms with Crippen molar-refractivity contribution in [3.63, 3.8) is 0 Å². The predicted molar refractivity (Wildman–Crippen MR) is 95.3 cm³/mol. The van der Waals surface area contributed by atoms with Gasteiger partial charge in [0.1, 0.15) is 11.5 Å². The standard InChI is InChI=1S/C18H19ClN2O3/c1-3-10-24-16-7-4-13(5-8-16)18(22)21-20-12-14-11-15(19)6-9-17(14)23-2/h4-9,11-12H,3,10H2,1-2H3,(H,21,22)/b20-12+. The van der Waals surface area contributed by atoms with Crippen molar-refractivity contribution >= 4 is 23.7 Å². The first-order valence-electron chi connectivity index (χ1n) is 7.54. The van der Waals surface area contributed by atoms with Crippen LogP contribution in [0.4, 0.5) is 0 Å². The van der Waals surface area contributed by atoms with E-state index in [2.05, 4.69) is 10.5 Å². The van der Waals surface area contributed by atoms with E-state index in [0.29, 0.717) is 28.5 Å². The maximum Gasteiger partial charge on any atom is 0.271 e. The second-order valence-electron chi connectivity index (χ2n) is 4.96. The topological polar surface area (TPSA) is 59.9 Å². The molecule has 24 heavy (non-hydrogen) atoms. The highest BCUT2D eigenvalue weighted by atomic mass is 35.5. The molecular formula is C18H19ClN2O3. The van der Waals surface area contributed by atoms with Gasteiger partial charge in [0.2, 0.25) is 0 Å². The van der Waals surface area contributed by atoms with Crippen LogP contribution in [0, 0.1) is 0 Å². The summed E-state index contributed by atoms with van der Waals surface area (Å²) in [6.07, 6.45) is 2.42. The van der Waals surface area contributed by atoms with Crippen LogP contribution in [0.25, 0.3) is 0 Å². The molecule has 0 aliphatic carbocycles. The van der Waals surface area contributed by atoms with Crippen LogP contribution in [0.5, 0.6) is 11.5 Å². The van der Waals surface area contributed by atoms with Crippen LogP contribution >= 0.6 is 11.6 Å². The minimum absolute atomic E-state index is 0.311. The normalized spacial score (nSPS) is 10.6. The molecule has 0 saturated heterocycles. The zero-order valence-corrected chi connectivity index (χ0v) is 14.3. The van der Waals surface area contributed by atoms with Crippen molar-refractivity contribution in [2.45, 2.75) is 13.3 Å². The average molecular weight is 347 g/mol. The fourth-order valence-corrected chi connectivity index (χ4v) is 2.13. The molecule has 0 atom stereocenters. The van der Waals surface area contributed by atoms with Crippen molar-refractivity contribution in [2.75, 3.05) is 13.7 Å². The lowest BCUT2D eigenvalue weighted by Crippen LogP contribution is -2.17. The van der Waals surface area contributed by atoms with Crippen molar-refractivity contribution in [3.05, 3.63) is 58.6 Å². The molecule has 2 aromatic carbocycles. The van der Waals surface area contributed by atoms with E-state index in [0.717, 1.165) is 12.2 Å². The predicted octanol–water partition coefficient (Wildman–Crippen LogP) is 3.90. The number of amides is 1. The van der Waals surface area contributed by atoms with E-state index < -0.39 is 0 Å². The molecular weight excluding hydrogens is 328 g/mol. The van der Waals surface area contributed by atoms with Gasteiger partial charge in [0.25, 0.3) is 5.91 Å². The first-order chi connectivity index (χ1) is 11.6. The molecule has 6 heteroatoms. The van der Waals surface area contributed by atoms with Crippen LogP contribution in [-0.2, 0) is 0 Å². The largest absolute Gasteiger partial charge is 0.496 e. The second kappa shape index (κ2) is 8.93. The molecule has 0 aliphatic heterocycles. The van der Waals surface area contributed by atoms with E-state index in [1.807, 2.05) is 6.92 Å². The van der Waals surface area contributed by atoms with Gasteiger partial charge >= 0.3 is 0 Å². The van der Waals surface area contributed by atoms with Gasteiger partial charge in [0.05, 0.1) is 19.9 Å². The van der Waals surface area contributed by atoms with Gasteiger partial charge in [-0.2, -0.15) is 5.10 Å². The number of hydrogen-bond donors (Lipinski definition) is 1. The summed E-state index contributed by atoms with van der Waals surface area (Å²) >= 11 is 5.95. The maximum absolute atomic E-state index is 12.1. The summed E-state index contributed by atoms with van der Waals surface area (Å²) in [4.78, 5) is 12.1. The molecule has 2 rings (SSSR count). The van der Waals surface area contributed by atoms with Gasteiger partial charge in [-0.05, 0) is 48.9 Å². The molecule has 0 unspecified atom stereocenters.